The van der Waals surface area contributed by atoms with Crippen LogP contribution in [0.5, 0.6) is 5.75 Å². The maximum Gasteiger partial charge on any atom is 0.251 e. The molecule has 0 fully saturated rings. The molecule has 4 aromatic rings. The van der Waals surface area contributed by atoms with Gasteiger partial charge in [-0.15, -0.1) is 0 Å². The van der Waals surface area contributed by atoms with E-state index in [1.54, 1.807) is 37.5 Å². The van der Waals surface area contributed by atoms with E-state index in [1.807, 2.05) is 18.2 Å². The number of rotatable bonds is 7. The smallest absolute Gasteiger partial charge is 0.251 e. The molecule has 2 N–H and O–H groups in total. The summed E-state index contributed by atoms with van der Waals surface area (Å²) in [4.78, 5) is 25.1. The van der Waals surface area contributed by atoms with Crippen LogP contribution in [0, 0.1) is 5.82 Å². The Morgan fingerprint density at radius 1 is 1.09 bits per heavy atom. The van der Waals surface area contributed by atoms with E-state index in [4.69, 9.17) is 4.74 Å². The second-order valence-electron chi connectivity index (χ2n) is 7.07. The Hall–Kier alpha value is -4.07. The predicted octanol–water partition coefficient (Wildman–Crippen LogP) is 3.85. The van der Waals surface area contributed by atoms with Crippen LogP contribution in [0.25, 0.3) is 22.2 Å². The lowest BCUT2D eigenvalue weighted by atomic mass is 10.0. The molecule has 0 spiro atoms. The number of anilines is 1. The van der Waals surface area contributed by atoms with Crippen molar-refractivity contribution in [3.8, 4) is 17.0 Å². The molecule has 0 aliphatic carbocycles. The Bertz CT molecular complexity index is 1280. The van der Waals surface area contributed by atoms with Crippen LogP contribution >= 0.6 is 0 Å². The minimum atomic E-state index is -0.447. The Kier molecular flexibility index (Phi) is 6.21. The zero-order chi connectivity index (χ0) is 22.5. The maximum absolute atomic E-state index is 14.0. The number of amides is 1. The quantitative estimate of drug-likeness (QED) is 0.462. The number of fused-ring (bicyclic) bond motifs is 1. The number of nitrogens with zero attached hydrogens (tertiary/aromatic N) is 3. The molecule has 2 aromatic heterocycles. The SMILES string of the molecule is CNC(=O)c1ccnc2c(CCNc3cc(-c4ccc(OC)c(F)c4)ncn3)cccc12. The minimum Gasteiger partial charge on any atom is -0.494 e. The molecule has 162 valence electrons. The molecule has 8 heteroatoms. The molecule has 0 aliphatic heterocycles. The van der Waals surface area contributed by atoms with E-state index in [-0.39, 0.29) is 11.7 Å². The highest BCUT2D eigenvalue weighted by molar-refractivity contribution is 6.06. The van der Waals surface area contributed by atoms with Gasteiger partial charge in [0, 0.05) is 36.8 Å². The number of hydrogen-bond acceptors (Lipinski definition) is 6. The summed E-state index contributed by atoms with van der Waals surface area (Å²) in [5.41, 5.74) is 3.65. The van der Waals surface area contributed by atoms with E-state index in [1.165, 1.54) is 19.5 Å². The summed E-state index contributed by atoms with van der Waals surface area (Å²) >= 11 is 0. The molecule has 0 saturated heterocycles. The molecule has 7 nitrogen and oxygen atoms in total. The summed E-state index contributed by atoms with van der Waals surface area (Å²) in [6, 6.07) is 14.0. The van der Waals surface area contributed by atoms with Crippen LogP contribution in [0.2, 0.25) is 0 Å². The van der Waals surface area contributed by atoms with Crippen LogP contribution in [0.3, 0.4) is 0 Å². The number of carbonyl (C=O) groups excluding carboxylic acids is 1. The number of nitrogens with one attached hydrogen (secondary N) is 2. The molecular formula is C24H22FN5O2. The van der Waals surface area contributed by atoms with Gasteiger partial charge in [0.25, 0.3) is 5.91 Å². The molecule has 0 atom stereocenters. The van der Waals surface area contributed by atoms with Gasteiger partial charge in [0.15, 0.2) is 11.6 Å². The van der Waals surface area contributed by atoms with Gasteiger partial charge in [-0.25, -0.2) is 14.4 Å². The van der Waals surface area contributed by atoms with Crippen molar-refractivity contribution in [2.24, 2.45) is 0 Å². The highest BCUT2D eigenvalue weighted by Crippen LogP contribution is 2.25. The van der Waals surface area contributed by atoms with Gasteiger partial charge in [0.1, 0.15) is 12.1 Å². The normalized spacial score (nSPS) is 10.7. The van der Waals surface area contributed by atoms with Crippen molar-refractivity contribution >= 4 is 22.6 Å². The molecule has 0 aliphatic rings. The van der Waals surface area contributed by atoms with E-state index in [2.05, 4.69) is 25.6 Å². The van der Waals surface area contributed by atoms with Crippen LogP contribution in [0.4, 0.5) is 10.2 Å². The number of methoxy groups -OCH3 is 1. The highest BCUT2D eigenvalue weighted by atomic mass is 19.1. The van der Waals surface area contributed by atoms with Crippen molar-refractivity contribution in [2.45, 2.75) is 6.42 Å². The predicted molar refractivity (Wildman–Crippen MR) is 121 cm³/mol. The second-order valence-corrected chi connectivity index (χ2v) is 7.07. The third kappa shape index (κ3) is 4.34. The molecule has 2 heterocycles. The first-order valence-corrected chi connectivity index (χ1v) is 10.1. The van der Waals surface area contributed by atoms with Crippen molar-refractivity contribution < 1.29 is 13.9 Å². The first kappa shape index (κ1) is 21.2. The fourth-order valence-corrected chi connectivity index (χ4v) is 3.53. The van der Waals surface area contributed by atoms with Gasteiger partial charge < -0.3 is 15.4 Å². The van der Waals surface area contributed by atoms with E-state index >= 15 is 0 Å². The number of pyridine rings is 1. The highest BCUT2D eigenvalue weighted by Gasteiger charge is 2.11. The third-order valence-electron chi connectivity index (χ3n) is 5.14. The lowest BCUT2D eigenvalue weighted by molar-refractivity contribution is 0.0964. The van der Waals surface area contributed by atoms with Crippen LogP contribution < -0.4 is 15.4 Å². The van der Waals surface area contributed by atoms with E-state index in [0.717, 1.165) is 16.5 Å². The fourth-order valence-electron chi connectivity index (χ4n) is 3.53. The molecule has 0 bridgehead atoms. The molecule has 2 aromatic carbocycles. The zero-order valence-electron chi connectivity index (χ0n) is 17.7. The van der Waals surface area contributed by atoms with Crippen LogP contribution in [-0.4, -0.2) is 41.6 Å². The van der Waals surface area contributed by atoms with Crippen LogP contribution in [0.1, 0.15) is 15.9 Å². The molecule has 0 radical (unpaired) electrons. The molecule has 32 heavy (non-hydrogen) atoms. The summed E-state index contributed by atoms with van der Waals surface area (Å²) < 4.78 is 19.0. The lowest BCUT2D eigenvalue weighted by Gasteiger charge is -2.11. The Labute approximate surface area is 184 Å². The molecule has 0 saturated carbocycles. The number of para-hydroxylation sites is 1. The Balaban J connectivity index is 1.50. The summed E-state index contributed by atoms with van der Waals surface area (Å²) in [6.45, 7) is 0.596. The topological polar surface area (TPSA) is 89.0 Å². The average Bonchev–Trinajstić information content (AvgIpc) is 2.83. The Morgan fingerprint density at radius 3 is 2.75 bits per heavy atom. The molecular weight excluding hydrogens is 409 g/mol. The Morgan fingerprint density at radius 2 is 1.97 bits per heavy atom. The first-order valence-electron chi connectivity index (χ1n) is 10.1. The average molecular weight is 431 g/mol. The largest absolute Gasteiger partial charge is 0.494 e. The van der Waals surface area contributed by atoms with Gasteiger partial charge in [0.05, 0.1) is 23.9 Å². The molecule has 4 rings (SSSR count). The first-order chi connectivity index (χ1) is 15.6. The van der Waals surface area contributed by atoms with Gasteiger partial charge in [-0.3, -0.25) is 9.78 Å². The van der Waals surface area contributed by atoms with Crippen molar-refractivity contribution in [1.29, 1.82) is 0 Å². The molecule has 1 amide bonds. The molecule has 0 unspecified atom stereocenters. The number of benzene rings is 2. The summed E-state index contributed by atoms with van der Waals surface area (Å²) in [7, 11) is 3.04. The van der Waals surface area contributed by atoms with Gasteiger partial charge in [0.2, 0.25) is 0 Å². The standard InChI is InChI=1S/C24H22FN5O2/c1-26-24(31)18-9-11-28-23-15(4-3-5-17(18)23)8-10-27-22-13-20(29-14-30-22)16-6-7-21(32-2)19(25)12-16/h3-7,9,11-14H,8,10H2,1-2H3,(H,26,31)(H,27,29,30). The van der Waals surface area contributed by atoms with Gasteiger partial charge in [-0.2, -0.15) is 0 Å². The minimum absolute atomic E-state index is 0.142. The summed E-state index contributed by atoms with van der Waals surface area (Å²) in [5, 5.41) is 6.75. The number of aromatic nitrogens is 3. The van der Waals surface area contributed by atoms with Gasteiger partial charge in [-0.1, -0.05) is 18.2 Å². The third-order valence-corrected chi connectivity index (χ3v) is 5.14. The van der Waals surface area contributed by atoms with E-state index in [0.29, 0.717) is 35.6 Å². The number of ether oxygens (including phenoxy) is 1. The second kappa shape index (κ2) is 9.38. The number of halogens is 1. The number of carbonyl (C=O) groups is 1. The monoisotopic (exact) mass is 431 g/mol. The van der Waals surface area contributed by atoms with Crippen LogP contribution in [0.15, 0.2) is 61.1 Å². The zero-order valence-corrected chi connectivity index (χ0v) is 17.7. The van der Waals surface area contributed by atoms with Gasteiger partial charge in [-0.05, 0) is 36.2 Å². The van der Waals surface area contributed by atoms with E-state index in [9.17, 15) is 9.18 Å². The van der Waals surface area contributed by atoms with E-state index < -0.39 is 5.82 Å². The number of hydrogen-bond donors (Lipinski definition) is 2. The van der Waals surface area contributed by atoms with Crippen molar-refractivity contribution in [2.75, 3.05) is 26.0 Å². The van der Waals surface area contributed by atoms with Crippen molar-refractivity contribution in [1.82, 2.24) is 20.3 Å². The summed E-state index contributed by atoms with van der Waals surface area (Å²) in [5.74, 6) is 0.226. The van der Waals surface area contributed by atoms with Crippen LogP contribution in [-0.2, 0) is 6.42 Å². The van der Waals surface area contributed by atoms with Crippen molar-refractivity contribution in [3.05, 3.63) is 78.0 Å². The van der Waals surface area contributed by atoms with Crippen molar-refractivity contribution in [3.63, 3.8) is 0 Å². The lowest BCUT2D eigenvalue weighted by Crippen LogP contribution is -2.18. The van der Waals surface area contributed by atoms with Gasteiger partial charge >= 0.3 is 0 Å². The maximum atomic E-state index is 14.0. The summed E-state index contributed by atoms with van der Waals surface area (Å²) in [6.07, 6.45) is 3.77. The fraction of sp³-hybridized carbons (Fsp3) is 0.167.